The van der Waals surface area contributed by atoms with E-state index in [1.165, 1.54) is 53.1 Å². The monoisotopic (exact) mass is 592 g/mol. The Labute approximate surface area is 265 Å². The number of nitrogens with zero attached hydrogens (tertiary/aromatic N) is 2. The molecule has 0 bridgehead atoms. The summed E-state index contributed by atoms with van der Waals surface area (Å²) in [6.07, 6.45) is 0. The zero-order chi connectivity index (χ0) is 29.7. The van der Waals surface area contributed by atoms with Gasteiger partial charge in [0.1, 0.15) is 0 Å². The lowest BCUT2D eigenvalue weighted by Gasteiger charge is -2.28. The minimum Gasteiger partial charge on any atom is -0.310 e. The molecule has 0 N–H and O–H groups in total. The number of rotatable bonds is 5. The second kappa shape index (κ2) is 10.5. The average Bonchev–Trinajstić information content (AvgIpc) is 3.64. The molecule has 9 rings (SSSR count). The molecule has 9 aromatic rings. The molecule has 0 saturated heterocycles. The van der Waals surface area contributed by atoms with Crippen LogP contribution in [-0.4, -0.2) is 4.57 Å². The van der Waals surface area contributed by atoms with Gasteiger partial charge in [0.15, 0.2) is 0 Å². The summed E-state index contributed by atoms with van der Waals surface area (Å²) in [7, 11) is 0. The van der Waals surface area contributed by atoms with E-state index >= 15 is 0 Å². The summed E-state index contributed by atoms with van der Waals surface area (Å²) in [6, 6.07) is 61.5. The molecule has 0 fully saturated rings. The van der Waals surface area contributed by atoms with Gasteiger partial charge in [-0.1, -0.05) is 103 Å². The lowest BCUT2D eigenvalue weighted by Crippen LogP contribution is -2.11. The van der Waals surface area contributed by atoms with Gasteiger partial charge in [0, 0.05) is 53.6 Å². The van der Waals surface area contributed by atoms with Crippen molar-refractivity contribution in [3.05, 3.63) is 170 Å². The minimum atomic E-state index is 1.12. The first kappa shape index (κ1) is 25.8. The molecule has 212 valence electrons. The quantitative estimate of drug-likeness (QED) is 0.193. The van der Waals surface area contributed by atoms with Crippen LogP contribution in [0, 0.1) is 0 Å². The molecule has 0 saturated carbocycles. The van der Waals surface area contributed by atoms with E-state index in [2.05, 4.69) is 179 Å². The summed E-state index contributed by atoms with van der Waals surface area (Å²) in [6.45, 7) is 0. The summed E-state index contributed by atoms with van der Waals surface area (Å²) < 4.78 is 5.02. The van der Waals surface area contributed by atoms with Crippen molar-refractivity contribution in [1.29, 1.82) is 0 Å². The zero-order valence-electron chi connectivity index (χ0n) is 24.5. The fraction of sp³-hybridized carbons (Fsp3) is 0. The van der Waals surface area contributed by atoms with Crippen LogP contribution in [0.4, 0.5) is 17.1 Å². The van der Waals surface area contributed by atoms with Crippen LogP contribution in [0.15, 0.2) is 170 Å². The number of hydrogen-bond acceptors (Lipinski definition) is 2. The predicted octanol–water partition coefficient (Wildman–Crippen LogP) is 12.3. The summed E-state index contributed by atoms with van der Waals surface area (Å²) in [5.41, 5.74) is 9.31. The van der Waals surface area contributed by atoms with Crippen LogP contribution in [0.25, 0.3) is 58.8 Å². The third kappa shape index (κ3) is 4.24. The SMILES string of the molecule is c1ccc(-c2cc3c4ccccc4n(-c4ccccc4)c3cc2N(c2ccccc2)c2ccc3sc4ccccc4c3c2)cc1. The molecule has 0 atom stereocenters. The van der Waals surface area contributed by atoms with Crippen molar-refractivity contribution < 1.29 is 0 Å². The van der Waals surface area contributed by atoms with Crippen molar-refractivity contribution in [2.24, 2.45) is 0 Å². The maximum absolute atomic E-state index is 2.43. The molecule has 7 aromatic carbocycles. The summed E-state index contributed by atoms with van der Waals surface area (Å²) in [5, 5.41) is 5.08. The van der Waals surface area contributed by atoms with E-state index in [0.717, 1.165) is 22.7 Å². The van der Waals surface area contributed by atoms with Gasteiger partial charge >= 0.3 is 0 Å². The van der Waals surface area contributed by atoms with E-state index in [9.17, 15) is 0 Å². The average molecular weight is 593 g/mol. The Hall–Kier alpha value is -5.64. The van der Waals surface area contributed by atoms with Gasteiger partial charge in [-0.15, -0.1) is 11.3 Å². The number of aromatic nitrogens is 1. The van der Waals surface area contributed by atoms with Crippen molar-refractivity contribution in [2.45, 2.75) is 0 Å². The van der Waals surface area contributed by atoms with Gasteiger partial charge in [0.2, 0.25) is 0 Å². The number of thiophene rings is 1. The third-order valence-electron chi connectivity index (χ3n) is 8.76. The first-order valence-electron chi connectivity index (χ1n) is 15.3. The topological polar surface area (TPSA) is 8.17 Å². The third-order valence-corrected chi connectivity index (χ3v) is 9.91. The fourth-order valence-corrected chi connectivity index (χ4v) is 7.84. The Morgan fingerprint density at radius 3 is 1.87 bits per heavy atom. The molecule has 0 unspecified atom stereocenters. The number of benzene rings is 7. The van der Waals surface area contributed by atoms with E-state index in [1.54, 1.807) is 0 Å². The number of hydrogen-bond donors (Lipinski definition) is 0. The van der Waals surface area contributed by atoms with E-state index in [4.69, 9.17) is 0 Å². The van der Waals surface area contributed by atoms with Gasteiger partial charge in [0.25, 0.3) is 0 Å². The van der Waals surface area contributed by atoms with Gasteiger partial charge in [0.05, 0.1) is 16.7 Å². The van der Waals surface area contributed by atoms with Crippen molar-refractivity contribution in [3.8, 4) is 16.8 Å². The van der Waals surface area contributed by atoms with Crippen molar-refractivity contribution in [3.63, 3.8) is 0 Å². The van der Waals surface area contributed by atoms with Crippen LogP contribution in [0.3, 0.4) is 0 Å². The number of anilines is 3. The Balaban J connectivity index is 1.40. The maximum atomic E-state index is 2.43. The molecule has 0 radical (unpaired) electrons. The Kier molecular flexibility index (Phi) is 6.03. The molecule has 0 aliphatic rings. The fourth-order valence-electron chi connectivity index (χ4n) is 6.75. The standard InChI is InChI=1S/C42H28N2S/c1-4-14-29(15-5-1)35-27-36-33-20-10-12-22-38(33)44(31-18-8-3-9-19-31)40(36)28-39(35)43(30-16-6-2-7-17-30)32-24-25-42-37(26-32)34-21-11-13-23-41(34)45-42/h1-28H. The number of fused-ring (bicyclic) bond motifs is 6. The molecular formula is C42H28N2S. The van der Waals surface area contributed by atoms with Crippen molar-refractivity contribution >= 4 is 70.4 Å². The Morgan fingerprint density at radius 1 is 0.422 bits per heavy atom. The molecule has 2 nitrogen and oxygen atoms in total. The van der Waals surface area contributed by atoms with Gasteiger partial charge in [-0.05, 0) is 72.3 Å². The lowest BCUT2D eigenvalue weighted by atomic mass is 9.98. The van der Waals surface area contributed by atoms with Gasteiger partial charge in [-0.3, -0.25) is 0 Å². The summed E-state index contributed by atoms with van der Waals surface area (Å²) in [4.78, 5) is 2.43. The van der Waals surface area contributed by atoms with E-state index in [0.29, 0.717) is 0 Å². The molecule has 45 heavy (non-hydrogen) atoms. The minimum absolute atomic E-state index is 1.12. The number of para-hydroxylation sites is 3. The Morgan fingerprint density at radius 2 is 1.07 bits per heavy atom. The zero-order valence-corrected chi connectivity index (χ0v) is 25.3. The smallest absolute Gasteiger partial charge is 0.0562 e. The molecule has 2 heterocycles. The Bertz CT molecular complexity index is 2470. The van der Waals surface area contributed by atoms with E-state index in [1.807, 2.05) is 11.3 Å². The molecular weight excluding hydrogens is 565 g/mol. The van der Waals surface area contributed by atoms with E-state index in [-0.39, 0.29) is 0 Å². The van der Waals surface area contributed by atoms with Gasteiger partial charge in [-0.2, -0.15) is 0 Å². The highest BCUT2D eigenvalue weighted by Crippen LogP contribution is 2.46. The normalized spacial score (nSPS) is 11.6. The summed E-state index contributed by atoms with van der Waals surface area (Å²) >= 11 is 1.86. The first-order chi connectivity index (χ1) is 22.3. The molecule has 2 aromatic heterocycles. The lowest BCUT2D eigenvalue weighted by molar-refractivity contribution is 1.18. The van der Waals surface area contributed by atoms with Gasteiger partial charge < -0.3 is 9.47 Å². The van der Waals surface area contributed by atoms with Gasteiger partial charge in [-0.25, -0.2) is 0 Å². The van der Waals surface area contributed by atoms with Crippen LogP contribution in [0.5, 0.6) is 0 Å². The molecule has 3 heteroatoms. The molecule has 0 spiro atoms. The molecule has 0 aliphatic heterocycles. The second-order valence-corrected chi connectivity index (χ2v) is 12.5. The largest absolute Gasteiger partial charge is 0.310 e. The summed E-state index contributed by atoms with van der Waals surface area (Å²) in [5.74, 6) is 0. The predicted molar refractivity (Wildman–Crippen MR) is 194 cm³/mol. The van der Waals surface area contributed by atoms with Crippen LogP contribution >= 0.6 is 11.3 Å². The highest BCUT2D eigenvalue weighted by Gasteiger charge is 2.22. The van der Waals surface area contributed by atoms with Crippen LogP contribution in [0.1, 0.15) is 0 Å². The van der Waals surface area contributed by atoms with Crippen LogP contribution in [-0.2, 0) is 0 Å². The van der Waals surface area contributed by atoms with Crippen molar-refractivity contribution in [1.82, 2.24) is 4.57 Å². The van der Waals surface area contributed by atoms with Crippen LogP contribution in [0.2, 0.25) is 0 Å². The van der Waals surface area contributed by atoms with E-state index < -0.39 is 0 Å². The van der Waals surface area contributed by atoms with Crippen LogP contribution < -0.4 is 4.90 Å². The molecule has 0 amide bonds. The highest BCUT2D eigenvalue weighted by atomic mass is 32.1. The van der Waals surface area contributed by atoms with Crippen molar-refractivity contribution in [2.75, 3.05) is 4.90 Å². The highest BCUT2D eigenvalue weighted by molar-refractivity contribution is 7.25. The second-order valence-electron chi connectivity index (χ2n) is 11.4. The first-order valence-corrected chi connectivity index (χ1v) is 16.1. The molecule has 0 aliphatic carbocycles. The maximum Gasteiger partial charge on any atom is 0.0562 e.